The van der Waals surface area contributed by atoms with Crippen LogP contribution < -0.4 is 20.1 Å². The molecule has 2 N–H and O–H groups in total. The molecule has 0 fully saturated rings. The number of hydrogen-bond donors (Lipinski definition) is 2. The largest absolute Gasteiger partial charge is 0.493 e. The molecule has 0 radical (unpaired) electrons. The van der Waals surface area contributed by atoms with Crippen molar-refractivity contribution in [3.63, 3.8) is 0 Å². The van der Waals surface area contributed by atoms with E-state index < -0.39 is 17.9 Å². The predicted molar refractivity (Wildman–Crippen MR) is 171 cm³/mol. The van der Waals surface area contributed by atoms with E-state index in [1.54, 1.807) is 29.8 Å². The van der Waals surface area contributed by atoms with Crippen molar-refractivity contribution >= 4 is 17.7 Å². The Bertz CT molecular complexity index is 1870. The maximum Gasteiger partial charge on any atom is 0.276 e. The van der Waals surface area contributed by atoms with Crippen molar-refractivity contribution in [2.24, 2.45) is 0 Å². The van der Waals surface area contributed by atoms with E-state index in [2.05, 4.69) is 15.8 Å². The van der Waals surface area contributed by atoms with Gasteiger partial charge in [-0.25, -0.2) is 9.67 Å². The molecule has 2 bridgehead atoms. The van der Waals surface area contributed by atoms with Gasteiger partial charge in [0.25, 0.3) is 11.8 Å². The van der Waals surface area contributed by atoms with E-state index in [0.717, 1.165) is 11.1 Å². The van der Waals surface area contributed by atoms with Crippen molar-refractivity contribution < 1.29 is 28.4 Å². The molecule has 2 aromatic heterocycles. The Kier molecular flexibility index (Phi) is 9.23. The summed E-state index contributed by atoms with van der Waals surface area (Å²) in [5.41, 5.74) is 1.94. The summed E-state index contributed by atoms with van der Waals surface area (Å²) < 4.78 is 18.6. The van der Waals surface area contributed by atoms with E-state index in [1.807, 2.05) is 60.7 Å². The Labute approximate surface area is 270 Å². The number of aromatic nitrogens is 4. The maximum atomic E-state index is 13.7. The highest BCUT2D eigenvalue weighted by Gasteiger charge is 2.26. The van der Waals surface area contributed by atoms with Crippen LogP contribution in [0.1, 0.15) is 39.6 Å². The summed E-state index contributed by atoms with van der Waals surface area (Å²) in [6, 6.07) is 24.6. The molecule has 13 nitrogen and oxygen atoms in total. The Morgan fingerprint density at radius 1 is 0.936 bits per heavy atom. The lowest BCUT2D eigenvalue weighted by Gasteiger charge is -2.22. The van der Waals surface area contributed by atoms with Gasteiger partial charge in [-0.3, -0.25) is 14.4 Å². The molecule has 3 amide bonds. The quantitative estimate of drug-likeness (QED) is 0.301. The molecule has 47 heavy (non-hydrogen) atoms. The molecule has 0 aliphatic carbocycles. The van der Waals surface area contributed by atoms with Gasteiger partial charge in [-0.15, -0.1) is 0 Å². The van der Waals surface area contributed by atoms with Crippen molar-refractivity contribution in [2.45, 2.75) is 19.5 Å². The van der Waals surface area contributed by atoms with Crippen LogP contribution in [0.15, 0.2) is 89.5 Å². The van der Waals surface area contributed by atoms with Crippen LogP contribution in [0.4, 0.5) is 0 Å². The van der Waals surface area contributed by atoms with Crippen LogP contribution in [-0.4, -0.2) is 75.9 Å². The number of hydrogen-bond acceptors (Lipinski definition) is 9. The smallest absolute Gasteiger partial charge is 0.276 e. The number of nitrogens with one attached hydrogen (secondary N) is 2. The van der Waals surface area contributed by atoms with Crippen molar-refractivity contribution in [2.75, 3.05) is 33.4 Å². The van der Waals surface area contributed by atoms with Crippen LogP contribution in [-0.2, 0) is 11.3 Å². The van der Waals surface area contributed by atoms with Crippen LogP contribution in [0.5, 0.6) is 11.5 Å². The van der Waals surface area contributed by atoms with Crippen LogP contribution in [0.2, 0.25) is 0 Å². The van der Waals surface area contributed by atoms with Crippen molar-refractivity contribution in [3.05, 3.63) is 102 Å². The first-order valence-electron chi connectivity index (χ1n) is 15.1. The molecule has 1 aliphatic rings. The summed E-state index contributed by atoms with van der Waals surface area (Å²) in [5.74, 6) is 0.908. The minimum Gasteiger partial charge on any atom is -0.493 e. The second-order valence-electron chi connectivity index (χ2n) is 10.8. The topological polar surface area (TPSA) is 154 Å². The number of fused-ring (bicyclic) bond motifs is 3. The van der Waals surface area contributed by atoms with Crippen molar-refractivity contribution in [3.8, 4) is 34.2 Å². The highest BCUT2D eigenvalue weighted by atomic mass is 16.5. The highest BCUT2D eigenvalue weighted by Crippen LogP contribution is 2.28. The van der Waals surface area contributed by atoms with Crippen LogP contribution in [0, 0.1) is 0 Å². The molecule has 240 valence electrons. The molecule has 3 heterocycles. The third-order valence-electron chi connectivity index (χ3n) is 7.56. The van der Waals surface area contributed by atoms with Crippen molar-refractivity contribution in [1.29, 1.82) is 0 Å². The normalized spacial score (nSPS) is 15.9. The molecular weight excluding hydrogens is 602 g/mol. The number of rotatable bonds is 4. The predicted octanol–water partition coefficient (Wildman–Crippen LogP) is 3.75. The zero-order chi connectivity index (χ0) is 32.8. The van der Waals surface area contributed by atoms with Gasteiger partial charge in [-0.2, -0.15) is 5.10 Å². The van der Waals surface area contributed by atoms with Crippen LogP contribution >= 0.6 is 0 Å². The molecule has 5 aromatic rings. The summed E-state index contributed by atoms with van der Waals surface area (Å²) >= 11 is 0. The van der Waals surface area contributed by atoms with E-state index >= 15 is 0 Å². The lowest BCUT2D eigenvalue weighted by atomic mass is 10.1. The summed E-state index contributed by atoms with van der Waals surface area (Å²) in [7, 11) is 1.52. The summed E-state index contributed by atoms with van der Waals surface area (Å²) in [4.78, 5) is 46.3. The molecular formula is C34H33N7O6. The van der Waals surface area contributed by atoms with Gasteiger partial charge >= 0.3 is 0 Å². The number of ether oxygens (including phenoxy) is 2. The van der Waals surface area contributed by atoms with Gasteiger partial charge in [0.2, 0.25) is 5.91 Å². The van der Waals surface area contributed by atoms with E-state index in [4.69, 9.17) is 24.1 Å². The lowest BCUT2D eigenvalue weighted by Crippen LogP contribution is -2.45. The first kappa shape index (κ1) is 31.0. The fourth-order valence-corrected chi connectivity index (χ4v) is 5.18. The molecule has 0 spiro atoms. The summed E-state index contributed by atoms with van der Waals surface area (Å²) in [6.45, 7) is 2.04. The number of benzene rings is 3. The number of carbonyl (C=O) groups is 3. The molecule has 0 saturated carbocycles. The third kappa shape index (κ3) is 7.14. The molecule has 1 aliphatic heterocycles. The SMILES string of the molecule is COc1ccc2cc1OCCn1nc(-c3ccccc3)nc1[C@@H](C)NC(=O)CN(C(=O)c1cc(-c3ccccc3)on1)CCNC2=O. The molecule has 1 atom stereocenters. The fourth-order valence-electron chi connectivity index (χ4n) is 5.18. The minimum absolute atomic E-state index is 0.0216. The van der Waals surface area contributed by atoms with Gasteiger partial charge in [0.15, 0.2) is 28.8 Å². The fraction of sp³-hybridized carbons (Fsp3) is 0.235. The molecule has 6 rings (SSSR count). The molecule has 0 saturated heterocycles. The van der Waals surface area contributed by atoms with Gasteiger partial charge in [0.05, 0.1) is 26.2 Å². The van der Waals surface area contributed by atoms with E-state index in [-0.39, 0.29) is 44.4 Å². The molecule has 3 aromatic carbocycles. The monoisotopic (exact) mass is 635 g/mol. The van der Waals surface area contributed by atoms with E-state index in [0.29, 0.717) is 34.5 Å². The van der Waals surface area contributed by atoms with E-state index in [9.17, 15) is 14.4 Å². The van der Waals surface area contributed by atoms with Gasteiger partial charge < -0.3 is 29.5 Å². The first-order chi connectivity index (χ1) is 22.9. The Hall–Kier alpha value is -5.98. The summed E-state index contributed by atoms with van der Waals surface area (Å²) in [6.07, 6.45) is 0. The van der Waals surface area contributed by atoms with Gasteiger partial charge in [-0.05, 0) is 25.1 Å². The highest BCUT2D eigenvalue weighted by molar-refractivity contribution is 5.96. The zero-order valence-electron chi connectivity index (χ0n) is 25.9. The van der Waals surface area contributed by atoms with Gasteiger partial charge in [0.1, 0.15) is 12.4 Å². The summed E-state index contributed by atoms with van der Waals surface area (Å²) in [5, 5.41) is 14.4. The second kappa shape index (κ2) is 14.0. The standard InChI is InChI=1S/C34H33N7O6/c1-22-32-37-31(24-11-7-4-8-12-24)38-41(32)17-18-46-29-19-25(13-14-27(29)45-2)33(43)35-15-16-40(21-30(42)36-22)34(44)26-20-28(47-39-26)23-9-5-3-6-10-23/h3-14,19-20,22H,15-18,21H2,1-2H3,(H,35,43)(H,36,42)/t22-/m1/s1. The number of nitrogens with zero attached hydrogens (tertiary/aromatic N) is 5. The lowest BCUT2D eigenvalue weighted by molar-refractivity contribution is -0.122. The second-order valence-corrected chi connectivity index (χ2v) is 10.8. The van der Waals surface area contributed by atoms with Crippen LogP contribution in [0.3, 0.4) is 0 Å². The molecule has 13 heteroatoms. The Balaban J connectivity index is 1.31. The average Bonchev–Trinajstić information content (AvgIpc) is 3.76. The number of methoxy groups -OCH3 is 1. The number of carbonyl (C=O) groups excluding carboxylic acids is 3. The first-order valence-corrected chi connectivity index (χ1v) is 15.1. The Morgan fingerprint density at radius 2 is 1.68 bits per heavy atom. The number of amides is 3. The van der Waals surface area contributed by atoms with Gasteiger partial charge in [0, 0.05) is 35.8 Å². The molecule has 0 unspecified atom stereocenters. The minimum atomic E-state index is -0.575. The Morgan fingerprint density at radius 3 is 2.43 bits per heavy atom. The average molecular weight is 636 g/mol. The van der Waals surface area contributed by atoms with Crippen molar-refractivity contribution in [1.82, 2.24) is 35.5 Å². The maximum absolute atomic E-state index is 13.7. The van der Waals surface area contributed by atoms with Crippen LogP contribution in [0.25, 0.3) is 22.7 Å². The van der Waals surface area contributed by atoms with E-state index in [1.165, 1.54) is 18.1 Å². The third-order valence-corrected chi connectivity index (χ3v) is 7.56. The van der Waals surface area contributed by atoms with Gasteiger partial charge in [-0.1, -0.05) is 65.8 Å². The zero-order valence-corrected chi connectivity index (χ0v) is 25.9.